The van der Waals surface area contributed by atoms with Crippen molar-refractivity contribution in [1.82, 2.24) is 0 Å². The molecule has 0 fully saturated rings. The van der Waals surface area contributed by atoms with Crippen molar-refractivity contribution in [2.75, 3.05) is 6.61 Å². The Bertz CT molecular complexity index is 317. The van der Waals surface area contributed by atoms with Gasteiger partial charge in [-0.05, 0) is 19.1 Å². The van der Waals surface area contributed by atoms with E-state index in [4.69, 9.17) is 17.3 Å². The monoisotopic (exact) mass is 265 g/mol. The Hall–Kier alpha value is -1.26. The molecule has 0 aliphatic carbocycles. The van der Waals surface area contributed by atoms with Gasteiger partial charge in [0.15, 0.2) is 0 Å². The van der Waals surface area contributed by atoms with Crippen molar-refractivity contribution in [3.05, 3.63) is 35.9 Å². The van der Waals surface area contributed by atoms with Crippen molar-refractivity contribution < 1.29 is 14.3 Å². The zero-order valence-corrected chi connectivity index (χ0v) is 10.3. The van der Waals surface area contributed by atoms with Crippen LogP contribution in [0.2, 0.25) is 0 Å². The molecule has 0 saturated heterocycles. The van der Waals surface area contributed by atoms with E-state index in [2.05, 4.69) is 4.74 Å². The molecule has 0 spiro atoms. The largest absolute Gasteiger partial charge is 0.454 e. The summed E-state index contributed by atoms with van der Waals surface area (Å²) in [7, 11) is 0. The Morgan fingerprint density at radius 1 is 1.31 bits per heavy atom. The third-order valence-electron chi connectivity index (χ3n) is 1.32. The first-order valence-electron chi connectivity index (χ1n) is 4.25. The van der Waals surface area contributed by atoms with Gasteiger partial charge in [-0.25, -0.2) is 4.79 Å². The fourth-order valence-electron chi connectivity index (χ4n) is 0.716. The maximum Gasteiger partial charge on any atom is 0.403 e. The van der Waals surface area contributed by atoms with E-state index >= 15 is 0 Å². The normalized spacial score (nSPS) is 7.88. The van der Waals surface area contributed by atoms with E-state index in [1.54, 1.807) is 31.2 Å². The topological polar surface area (TPSA) is 69.4 Å². The molecule has 0 heterocycles. The van der Waals surface area contributed by atoms with Crippen molar-refractivity contribution in [1.29, 1.82) is 0 Å². The van der Waals surface area contributed by atoms with Gasteiger partial charge in [-0.3, -0.25) is 4.79 Å². The van der Waals surface area contributed by atoms with Gasteiger partial charge in [-0.2, -0.15) is 0 Å². The maximum atomic E-state index is 10.4. The van der Waals surface area contributed by atoms with E-state index in [1.807, 2.05) is 6.07 Å². The van der Waals surface area contributed by atoms with E-state index in [9.17, 15) is 9.59 Å². The standard InChI is InChI=1S/C7H7NO.C3H5ClO2.ClH/c8-7(9)6-4-2-1-3-5-6;1-2-6-3(4)5;/h1-5H,(H2,8,9);2H2,1H3;1H. The highest BCUT2D eigenvalue weighted by Crippen LogP contribution is 1.94. The van der Waals surface area contributed by atoms with E-state index in [0.717, 1.165) is 0 Å². The molecule has 0 aromatic heterocycles. The highest BCUT2D eigenvalue weighted by atomic mass is 35.5. The van der Waals surface area contributed by atoms with Crippen LogP contribution >= 0.6 is 24.0 Å². The molecule has 16 heavy (non-hydrogen) atoms. The second-order valence-corrected chi connectivity index (χ2v) is 2.71. The molecule has 0 aliphatic rings. The molecule has 1 rings (SSSR count). The summed E-state index contributed by atoms with van der Waals surface area (Å²) in [6.45, 7) is 2.04. The first-order chi connectivity index (χ1) is 7.07. The minimum atomic E-state index is -0.738. The van der Waals surface area contributed by atoms with Gasteiger partial charge < -0.3 is 10.5 Å². The van der Waals surface area contributed by atoms with E-state index < -0.39 is 5.43 Å². The second-order valence-electron chi connectivity index (χ2n) is 2.40. The van der Waals surface area contributed by atoms with Gasteiger partial charge in [0.05, 0.1) is 6.61 Å². The van der Waals surface area contributed by atoms with Crippen LogP contribution in [-0.2, 0) is 4.74 Å². The first kappa shape index (κ1) is 17.1. The lowest BCUT2D eigenvalue weighted by Crippen LogP contribution is -2.09. The summed E-state index contributed by atoms with van der Waals surface area (Å²) in [5.41, 5.74) is 4.79. The Morgan fingerprint density at radius 2 is 1.81 bits per heavy atom. The number of carbonyl (C=O) groups excluding carboxylic acids is 2. The summed E-state index contributed by atoms with van der Waals surface area (Å²) in [6, 6.07) is 8.76. The van der Waals surface area contributed by atoms with Crippen LogP contribution in [-0.4, -0.2) is 17.9 Å². The van der Waals surface area contributed by atoms with Gasteiger partial charge in [0.25, 0.3) is 0 Å². The minimum absolute atomic E-state index is 0. The summed E-state index contributed by atoms with van der Waals surface area (Å²) < 4.78 is 4.17. The Balaban J connectivity index is 0. The van der Waals surface area contributed by atoms with Gasteiger partial charge in [0, 0.05) is 17.2 Å². The van der Waals surface area contributed by atoms with Crippen LogP contribution in [0.4, 0.5) is 4.79 Å². The van der Waals surface area contributed by atoms with Crippen LogP contribution < -0.4 is 5.73 Å². The summed E-state index contributed by atoms with van der Waals surface area (Å²) in [6.07, 6.45) is 0. The average molecular weight is 266 g/mol. The molecule has 1 aromatic carbocycles. The highest BCUT2D eigenvalue weighted by molar-refractivity contribution is 6.61. The zero-order chi connectivity index (χ0) is 11.7. The number of benzene rings is 1. The summed E-state index contributed by atoms with van der Waals surface area (Å²) in [5.74, 6) is -0.379. The van der Waals surface area contributed by atoms with Crippen LogP contribution in [0.3, 0.4) is 0 Å². The molecule has 2 N–H and O–H groups in total. The lowest BCUT2D eigenvalue weighted by Gasteiger charge is -1.89. The van der Waals surface area contributed by atoms with Crippen molar-refractivity contribution in [2.24, 2.45) is 5.73 Å². The van der Waals surface area contributed by atoms with Gasteiger partial charge in [-0.1, -0.05) is 18.2 Å². The third-order valence-corrected chi connectivity index (χ3v) is 1.43. The highest BCUT2D eigenvalue weighted by Gasteiger charge is 1.93. The molecule has 0 saturated carbocycles. The Morgan fingerprint density at radius 3 is 2.00 bits per heavy atom. The van der Waals surface area contributed by atoms with Gasteiger partial charge in [-0.15, -0.1) is 12.4 Å². The van der Waals surface area contributed by atoms with Crippen molar-refractivity contribution in [3.8, 4) is 0 Å². The SMILES string of the molecule is CCOC(=O)Cl.Cl.NC(=O)c1ccccc1. The third kappa shape index (κ3) is 9.30. The van der Waals surface area contributed by atoms with Gasteiger partial charge >= 0.3 is 5.43 Å². The molecule has 4 nitrogen and oxygen atoms in total. The zero-order valence-electron chi connectivity index (χ0n) is 8.68. The number of hydrogen-bond donors (Lipinski definition) is 1. The predicted octanol–water partition coefficient (Wildman–Crippen LogP) is 2.59. The number of amides is 1. The second kappa shape index (κ2) is 10.3. The summed E-state index contributed by atoms with van der Waals surface area (Å²) in [5, 5.41) is 0. The predicted molar refractivity (Wildman–Crippen MR) is 65.1 cm³/mol. The molecule has 0 unspecified atom stereocenters. The van der Waals surface area contributed by atoms with E-state index in [1.165, 1.54) is 0 Å². The van der Waals surface area contributed by atoms with E-state index in [-0.39, 0.29) is 18.3 Å². The fourth-order valence-corrected chi connectivity index (χ4v) is 0.825. The Labute approximate surface area is 105 Å². The number of halogens is 2. The maximum absolute atomic E-state index is 10.4. The van der Waals surface area contributed by atoms with E-state index in [0.29, 0.717) is 12.2 Å². The quantitative estimate of drug-likeness (QED) is 0.836. The van der Waals surface area contributed by atoms with Gasteiger partial charge in [0.1, 0.15) is 0 Å². The van der Waals surface area contributed by atoms with Crippen LogP contribution in [0.25, 0.3) is 0 Å². The summed E-state index contributed by atoms with van der Waals surface area (Å²) >= 11 is 4.72. The van der Waals surface area contributed by atoms with Crippen LogP contribution in [0.5, 0.6) is 0 Å². The van der Waals surface area contributed by atoms with Crippen molar-refractivity contribution >= 4 is 35.3 Å². The molecule has 1 amide bonds. The molecule has 0 bridgehead atoms. The van der Waals surface area contributed by atoms with Crippen LogP contribution in [0.1, 0.15) is 17.3 Å². The number of hydrogen-bond acceptors (Lipinski definition) is 3. The molecule has 0 radical (unpaired) electrons. The van der Waals surface area contributed by atoms with Crippen molar-refractivity contribution in [3.63, 3.8) is 0 Å². The molecule has 90 valence electrons. The first-order valence-corrected chi connectivity index (χ1v) is 4.62. The number of primary amides is 1. The van der Waals surface area contributed by atoms with Gasteiger partial charge in [0.2, 0.25) is 5.91 Å². The molecular formula is C10H13Cl2NO3. The Kier molecular flexibility index (Phi) is 11.0. The lowest BCUT2D eigenvalue weighted by molar-refractivity contribution is 0.1000. The number of rotatable bonds is 2. The molecule has 1 aromatic rings. The molecular weight excluding hydrogens is 253 g/mol. The summed E-state index contributed by atoms with van der Waals surface area (Å²) in [4.78, 5) is 20.0. The molecule has 0 aliphatic heterocycles. The smallest absolute Gasteiger partial charge is 0.403 e. The lowest BCUT2D eigenvalue weighted by atomic mass is 10.2. The van der Waals surface area contributed by atoms with Crippen molar-refractivity contribution in [2.45, 2.75) is 6.92 Å². The van der Waals surface area contributed by atoms with Crippen LogP contribution in [0.15, 0.2) is 30.3 Å². The number of ether oxygens (including phenoxy) is 1. The molecule has 6 heteroatoms. The minimum Gasteiger partial charge on any atom is -0.454 e. The number of nitrogens with two attached hydrogens (primary N) is 1. The number of carbonyl (C=O) groups is 2. The fraction of sp³-hybridized carbons (Fsp3) is 0.200. The molecule has 0 atom stereocenters. The average Bonchev–Trinajstić information content (AvgIpc) is 2.20. The van der Waals surface area contributed by atoms with Crippen LogP contribution in [0, 0.1) is 0 Å².